The molecule has 7 nitrogen and oxygen atoms in total. The Balaban J connectivity index is 2.59. The fraction of sp³-hybridized carbons (Fsp3) is 0.609. The molecule has 2 aromatic rings. The Morgan fingerprint density at radius 3 is 2.39 bits per heavy atom. The number of benzene rings is 1. The van der Waals surface area contributed by atoms with Crippen LogP contribution in [0.1, 0.15) is 89.0 Å². The van der Waals surface area contributed by atoms with Crippen LogP contribution in [0.2, 0.25) is 0 Å². The quantitative estimate of drug-likeness (QED) is 0.531. The van der Waals surface area contributed by atoms with E-state index in [1.165, 1.54) is 20.0 Å². The van der Waals surface area contributed by atoms with Gasteiger partial charge in [0.2, 0.25) is 0 Å². The van der Waals surface area contributed by atoms with Crippen LogP contribution in [0.15, 0.2) is 16.9 Å². The molecule has 2 rings (SSSR count). The van der Waals surface area contributed by atoms with Crippen molar-refractivity contribution >= 4 is 5.78 Å². The third-order valence-electron chi connectivity index (χ3n) is 5.62. The van der Waals surface area contributed by atoms with E-state index in [1.807, 2.05) is 27.7 Å². The lowest BCUT2D eigenvalue weighted by atomic mass is 9.93. The van der Waals surface area contributed by atoms with Gasteiger partial charge in [0.1, 0.15) is 23.4 Å². The van der Waals surface area contributed by atoms with Crippen molar-refractivity contribution in [2.75, 3.05) is 0 Å². The molecule has 1 heterocycles. The first kappa shape index (κ1) is 24.8. The molecule has 2 atom stereocenters. The van der Waals surface area contributed by atoms with Gasteiger partial charge in [0.05, 0.1) is 11.7 Å². The van der Waals surface area contributed by atoms with Gasteiger partial charge in [-0.25, -0.2) is 9.18 Å². The van der Waals surface area contributed by atoms with E-state index in [9.17, 15) is 14.7 Å². The minimum Gasteiger partial charge on any atom is -0.490 e. The van der Waals surface area contributed by atoms with Crippen LogP contribution in [0.5, 0.6) is 5.75 Å². The maximum atomic E-state index is 15.1. The molecular formula is C23H34FN3O4. The zero-order chi connectivity index (χ0) is 23.3. The minimum atomic E-state index is -0.997. The normalized spacial score (nSPS) is 13.5. The maximum Gasteiger partial charge on any atom is 0.350 e. The number of carbonyl (C=O) groups excluding carboxylic acids is 1. The minimum absolute atomic E-state index is 0.111. The lowest BCUT2D eigenvalue weighted by molar-refractivity contribution is 0.0951. The predicted molar refractivity (Wildman–Crippen MR) is 117 cm³/mol. The molecular weight excluding hydrogens is 401 g/mol. The highest BCUT2D eigenvalue weighted by Crippen LogP contribution is 2.29. The van der Waals surface area contributed by atoms with Crippen molar-refractivity contribution in [3.63, 3.8) is 0 Å². The van der Waals surface area contributed by atoms with Crippen molar-refractivity contribution in [1.29, 1.82) is 0 Å². The number of hydrogen-bond donors (Lipinski definition) is 1. The summed E-state index contributed by atoms with van der Waals surface area (Å²) in [6.45, 7) is 9.45. The molecule has 8 heteroatoms. The molecule has 1 aromatic heterocycles. The first-order valence-corrected chi connectivity index (χ1v) is 11.0. The van der Waals surface area contributed by atoms with Crippen molar-refractivity contribution in [1.82, 2.24) is 14.3 Å². The third-order valence-corrected chi connectivity index (χ3v) is 5.62. The lowest BCUT2D eigenvalue weighted by Gasteiger charge is -2.19. The number of ether oxygens (including phenoxy) is 1. The van der Waals surface area contributed by atoms with Gasteiger partial charge >= 0.3 is 5.69 Å². The molecule has 0 bridgehead atoms. The molecule has 0 spiro atoms. The number of aliphatic hydroxyl groups excluding tert-OH is 1. The molecule has 0 amide bonds. The van der Waals surface area contributed by atoms with E-state index in [0.29, 0.717) is 6.42 Å². The van der Waals surface area contributed by atoms with Crippen molar-refractivity contribution in [3.8, 4) is 11.4 Å². The van der Waals surface area contributed by atoms with Gasteiger partial charge in [0.25, 0.3) is 0 Å². The van der Waals surface area contributed by atoms with E-state index < -0.39 is 17.6 Å². The molecule has 0 saturated heterocycles. The van der Waals surface area contributed by atoms with Gasteiger partial charge in [0, 0.05) is 19.5 Å². The molecule has 1 aromatic carbocycles. The van der Waals surface area contributed by atoms with Gasteiger partial charge in [-0.3, -0.25) is 9.36 Å². The summed E-state index contributed by atoms with van der Waals surface area (Å²) in [5.74, 6) is -0.371. The van der Waals surface area contributed by atoms with Gasteiger partial charge in [0.15, 0.2) is 11.6 Å². The Labute approximate surface area is 182 Å². The maximum absolute atomic E-state index is 15.1. The van der Waals surface area contributed by atoms with E-state index in [0.717, 1.165) is 41.0 Å². The average Bonchev–Trinajstić information content (AvgIpc) is 3.02. The number of Topliss-reactive ketones (excluding diaryl/α,β-unsaturated/α-hetero) is 1. The lowest BCUT2D eigenvalue weighted by Crippen LogP contribution is -2.23. The van der Waals surface area contributed by atoms with Gasteiger partial charge < -0.3 is 9.84 Å². The Morgan fingerprint density at radius 1 is 1.23 bits per heavy atom. The van der Waals surface area contributed by atoms with Crippen LogP contribution in [0.25, 0.3) is 5.69 Å². The number of ketones is 1. The number of carbonyl (C=O) groups is 1. The average molecular weight is 436 g/mol. The molecule has 0 aliphatic carbocycles. The summed E-state index contributed by atoms with van der Waals surface area (Å²) in [4.78, 5) is 25.6. The second kappa shape index (κ2) is 10.7. The van der Waals surface area contributed by atoms with Crippen LogP contribution < -0.4 is 10.4 Å². The molecule has 0 aliphatic heterocycles. The summed E-state index contributed by atoms with van der Waals surface area (Å²) in [6.07, 6.45) is 2.50. The summed E-state index contributed by atoms with van der Waals surface area (Å²) in [5.41, 5.74) is -0.542. The van der Waals surface area contributed by atoms with E-state index in [1.54, 1.807) is 0 Å². The molecule has 0 aliphatic rings. The fourth-order valence-corrected chi connectivity index (χ4v) is 3.63. The van der Waals surface area contributed by atoms with Gasteiger partial charge in [-0.15, -0.1) is 5.10 Å². The van der Waals surface area contributed by atoms with E-state index in [2.05, 4.69) is 5.10 Å². The van der Waals surface area contributed by atoms with Crippen LogP contribution in [0, 0.1) is 11.7 Å². The molecule has 1 unspecified atom stereocenters. The topological polar surface area (TPSA) is 86.3 Å². The second-order valence-corrected chi connectivity index (χ2v) is 8.11. The fourth-order valence-electron chi connectivity index (χ4n) is 3.63. The number of aromatic nitrogens is 3. The van der Waals surface area contributed by atoms with Crippen LogP contribution >= 0.6 is 0 Å². The standard InChI is InChI=1S/C23H34FN3O4/c1-7-10-14(4)31-21-13-19(27-23(30)26(6)22(25-27)15(5)28)18(24)12-17(21)20(29)11-16(8-2)9-3/h12-16,28H,7-11H2,1-6H3/t14-,15?/m0/s1. The molecule has 1 N–H and O–H groups in total. The van der Waals surface area contributed by atoms with Gasteiger partial charge in [-0.2, -0.15) is 4.68 Å². The van der Waals surface area contributed by atoms with Crippen molar-refractivity contribution in [2.24, 2.45) is 13.0 Å². The van der Waals surface area contributed by atoms with Crippen LogP contribution in [0.3, 0.4) is 0 Å². The van der Waals surface area contributed by atoms with E-state index in [-0.39, 0.29) is 40.6 Å². The zero-order valence-electron chi connectivity index (χ0n) is 19.3. The van der Waals surface area contributed by atoms with Crippen LogP contribution in [-0.2, 0) is 7.05 Å². The first-order valence-electron chi connectivity index (χ1n) is 11.0. The zero-order valence-corrected chi connectivity index (χ0v) is 19.3. The second-order valence-electron chi connectivity index (χ2n) is 8.11. The van der Waals surface area contributed by atoms with Crippen molar-refractivity contribution in [3.05, 3.63) is 39.8 Å². The van der Waals surface area contributed by atoms with E-state index >= 15 is 4.39 Å². The third kappa shape index (κ3) is 5.61. The van der Waals surface area contributed by atoms with Crippen molar-refractivity contribution < 1.29 is 19.0 Å². The van der Waals surface area contributed by atoms with Crippen LogP contribution in [-0.4, -0.2) is 31.3 Å². The summed E-state index contributed by atoms with van der Waals surface area (Å²) in [5, 5.41) is 13.9. The summed E-state index contributed by atoms with van der Waals surface area (Å²) >= 11 is 0. The first-order chi connectivity index (χ1) is 14.6. The number of rotatable bonds is 11. The number of halogens is 1. The van der Waals surface area contributed by atoms with Gasteiger partial charge in [-0.05, 0) is 32.3 Å². The van der Waals surface area contributed by atoms with E-state index in [4.69, 9.17) is 4.74 Å². The Morgan fingerprint density at radius 2 is 1.87 bits per heavy atom. The van der Waals surface area contributed by atoms with Crippen molar-refractivity contribution in [2.45, 2.75) is 78.9 Å². The molecule has 31 heavy (non-hydrogen) atoms. The highest BCUT2D eigenvalue weighted by atomic mass is 19.1. The molecule has 0 saturated carbocycles. The highest BCUT2D eigenvalue weighted by Gasteiger charge is 2.24. The number of nitrogens with zero attached hydrogens (tertiary/aromatic N) is 3. The summed E-state index contributed by atoms with van der Waals surface area (Å²) < 4.78 is 23.2. The SMILES string of the molecule is CCC[C@H](C)Oc1cc(-n2nc(C(C)O)n(C)c2=O)c(F)cc1C(=O)CC(CC)CC. The predicted octanol–water partition coefficient (Wildman–Crippen LogP) is 4.34. The molecule has 0 radical (unpaired) electrons. The van der Waals surface area contributed by atoms with Gasteiger partial charge in [-0.1, -0.05) is 40.0 Å². The Kier molecular flexibility index (Phi) is 8.56. The smallest absolute Gasteiger partial charge is 0.350 e. The Bertz CT molecular complexity index is 960. The highest BCUT2D eigenvalue weighted by molar-refractivity contribution is 5.99. The summed E-state index contributed by atoms with van der Waals surface area (Å²) in [7, 11) is 1.46. The monoisotopic (exact) mass is 435 g/mol. The number of aliphatic hydroxyl groups is 1. The Hall–Kier alpha value is -2.48. The summed E-state index contributed by atoms with van der Waals surface area (Å²) in [6, 6.07) is 2.50. The number of hydrogen-bond acceptors (Lipinski definition) is 5. The molecule has 172 valence electrons. The molecule has 0 fully saturated rings. The largest absolute Gasteiger partial charge is 0.490 e. The van der Waals surface area contributed by atoms with Crippen LogP contribution in [0.4, 0.5) is 4.39 Å².